The van der Waals surface area contributed by atoms with E-state index in [1.165, 1.54) is 0 Å². The molecule has 1 heterocycles. The summed E-state index contributed by atoms with van der Waals surface area (Å²) in [6.45, 7) is 2.64. The third kappa shape index (κ3) is 2.88. The van der Waals surface area contributed by atoms with Crippen molar-refractivity contribution in [1.82, 2.24) is 5.32 Å². The van der Waals surface area contributed by atoms with Crippen LogP contribution in [0, 0.1) is 5.92 Å². The molecule has 0 saturated carbocycles. The fourth-order valence-corrected chi connectivity index (χ4v) is 2.19. The van der Waals surface area contributed by atoms with Gasteiger partial charge in [-0.25, -0.2) is 0 Å². The first kappa shape index (κ1) is 12.6. The number of rotatable bonds is 3. The molecule has 1 unspecified atom stereocenters. The summed E-state index contributed by atoms with van der Waals surface area (Å²) in [5.41, 5.74) is 1.97. The first-order chi connectivity index (χ1) is 8.70. The molecule has 0 spiro atoms. The van der Waals surface area contributed by atoms with Crippen molar-refractivity contribution in [1.29, 1.82) is 0 Å². The van der Waals surface area contributed by atoms with Crippen molar-refractivity contribution >= 4 is 17.5 Å². The summed E-state index contributed by atoms with van der Waals surface area (Å²) in [5, 5.41) is 5.67. The molecule has 1 saturated heterocycles. The maximum absolute atomic E-state index is 12.1. The Balaban J connectivity index is 2.04. The number of piperidine rings is 1. The monoisotopic (exact) mass is 246 g/mol. The highest BCUT2D eigenvalue weighted by Crippen LogP contribution is 2.19. The van der Waals surface area contributed by atoms with E-state index >= 15 is 0 Å². The molecule has 1 aliphatic heterocycles. The Bertz CT molecular complexity index is 457. The molecule has 1 fully saturated rings. The molecule has 1 atom stereocenters. The summed E-state index contributed by atoms with van der Waals surface area (Å²) in [4.78, 5) is 23.4. The number of anilines is 1. The van der Waals surface area contributed by atoms with Gasteiger partial charge in [0, 0.05) is 24.6 Å². The Morgan fingerprint density at radius 2 is 2.22 bits per heavy atom. The van der Waals surface area contributed by atoms with Gasteiger partial charge in [-0.05, 0) is 24.5 Å². The molecule has 0 bridgehead atoms. The topological polar surface area (TPSA) is 58.2 Å². The minimum Gasteiger partial charge on any atom is -0.356 e. The number of nitrogens with one attached hydrogen (secondary N) is 2. The van der Waals surface area contributed by atoms with E-state index in [4.69, 9.17) is 0 Å². The van der Waals surface area contributed by atoms with Crippen molar-refractivity contribution in [2.75, 3.05) is 11.9 Å². The predicted molar refractivity (Wildman–Crippen MR) is 70.2 cm³/mol. The Kier molecular flexibility index (Phi) is 3.97. The van der Waals surface area contributed by atoms with Crippen LogP contribution < -0.4 is 10.6 Å². The van der Waals surface area contributed by atoms with Crippen LogP contribution in [-0.2, 0) is 16.0 Å². The summed E-state index contributed by atoms with van der Waals surface area (Å²) in [6, 6.07) is 7.77. The molecule has 1 aromatic rings. The van der Waals surface area contributed by atoms with E-state index in [9.17, 15) is 9.59 Å². The molecule has 2 rings (SSSR count). The summed E-state index contributed by atoms with van der Waals surface area (Å²) in [6.07, 6.45) is 1.88. The van der Waals surface area contributed by atoms with Gasteiger partial charge in [-0.15, -0.1) is 0 Å². The lowest BCUT2D eigenvalue weighted by Gasteiger charge is -2.21. The average molecular weight is 246 g/mol. The summed E-state index contributed by atoms with van der Waals surface area (Å²) >= 11 is 0. The number of para-hydroxylation sites is 1. The lowest BCUT2D eigenvalue weighted by Crippen LogP contribution is -2.38. The third-order valence-corrected chi connectivity index (χ3v) is 3.27. The highest BCUT2D eigenvalue weighted by atomic mass is 16.2. The molecule has 4 heteroatoms. The maximum atomic E-state index is 12.1. The second-order valence-electron chi connectivity index (χ2n) is 4.54. The van der Waals surface area contributed by atoms with Crippen LogP contribution in [0.5, 0.6) is 0 Å². The summed E-state index contributed by atoms with van der Waals surface area (Å²) in [7, 11) is 0. The van der Waals surface area contributed by atoms with Gasteiger partial charge in [-0.2, -0.15) is 0 Å². The third-order valence-electron chi connectivity index (χ3n) is 3.27. The summed E-state index contributed by atoms with van der Waals surface area (Å²) < 4.78 is 0. The molecule has 0 aliphatic carbocycles. The van der Waals surface area contributed by atoms with Crippen LogP contribution in [0.25, 0.3) is 0 Å². The quantitative estimate of drug-likeness (QED) is 0.853. The van der Waals surface area contributed by atoms with E-state index in [2.05, 4.69) is 17.6 Å². The minimum absolute atomic E-state index is 0.0369. The zero-order valence-corrected chi connectivity index (χ0v) is 10.5. The van der Waals surface area contributed by atoms with Crippen LogP contribution in [0.1, 0.15) is 25.3 Å². The number of aryl methyl sites for hydroxylation is 1. The van der Waals surface area contributed by atoms with E-state index in [0.29, 0.717) is 19.4 Å². The number of benzene rings is 1. The molecule has 4 nitrogen and oxygen atoms in total. The predicted octanol–water partition coefficient (Wildman–Crippen LogP) is 1.71. The Morgan fingerprint density at radius 1 is 1.44 bits per heavy atom. The van der Waals surface area contributed by atoms with Gasteiger partial charge in [0.05, 0.1) is 0 Å². The van der Waals surface area contributed by atoms with Gasteiger partial charge in [-0.1, -0.05) is 25.1 Å². The molecule has 96 valence electrons. The maximum Gasteiger partial charge on any atom is 0.228 e. The average Bonchev–Trinajstić information content (AvgIpc) is 2.39. The molecule has 1 aromatic carbocycles. The highest BCUT2D eigenvalue weighted by molar-refractivity contribution is 5.96. The Labute approximate surface area is 107 Å². The van der Waals surface area contributed by atoms with Crippen molar-refractivity contribution in [2.45, 2.75) is 26.2 Å². The second kappa shape index (κ2) is 5.67. The minimum atomic E-state index is -0.205. The van der Waals surface area contributed by atoms with Crippen LogP contribution in [-0.4, -0.2) is 18.4 Å². The number of amides is 2. The van der Waals surface area contributed by atoms with Crippen LogP contribution in [0.4, 0.5) is 5.69 Å². The van der Waals surface area contributed by atoms with Gasteiger partial charge in [0.1, 0.15) is 0 Å². The number of carbonyl (C=O) groups excluding carboxylic acids is 2. The van der Waals surface area contributed by atoms with Crippen molar-refractivity contribution in [3.63, 3.8) is 0 Å². The zero-order valence-electron chi connectivity index (χ0n) is 10.5. The van der Waals surface area contributed by atoms with Crippen LogP contribution in [0.15, 0.2) is 24.3 Å². The van der Waals surface area contributed by atoms with E-state index in [1.807, 2.05) is 24.3 Å². The number of hydrogen-bond acceptors (Lipinski definition) is 2. The lowest BCUT2D eigenvalue weighted by molar-refractivity contribution is -0.129. The fraction of sp³-hybridized carbons (Fsp3) is 0.429. The standard InChI is InChI=1S/C14H18N2O2/c1-2-10-5-3-4-6-12(10)16-14(18)11-7-8-15-13(17)9-11/h3-6,11H,2,7-9H2,1H3,(H,15,17)(H,16,18). The van der Waals surface area contributed by atoms with Gasteiger partial charge in [0.15, 0.2) is 0 Å². The van der Waals surface area contributed by atoms with Crippen LogP contribution >= 0.6 is 0 Å². The molecule has 2 amide bonds. The first-order valence-electron chi connectivity index (χ1n) is 6.36. The SMILES string of the molecule is CCc1ccccc1NC(=O)C1CCNC(=O)C1. The smallest absolute Gasteiger partial charge is 0.228 e. The number of hydrogen-bond donors (Lipinski definition) is 2. The van der Waals surface area contributed by atoms with Gasteiger partial charge < -0.3 is 10.6 Å². The van der Waals surface area contributed by atoms with Crippen molar-refractivity contribution in [2.24, 2.45) is 5.92 Å². The Morgan fingerprint density at radius 3 is 2.94 bits per heavy atom. The normalized spacial score (nSPS) is 19.2. The van der Waals surface area contributed by atoms with Gasteiger partial charge in [-0.3, -0.25) is 9.59 Å². The fourth-order valence-electron chi connectivity index (χ4n) is 2.19. The van der Waals surface area contributed by atoms with Crippen molar-refractivity contribution < 1.29 is 9.59 Å². The molecule has 0 aromatic heterocycles. The molecule has 1 aliphatic rings. The first-order valence-corrected chi connectivity index (χ1v) is 6.36. The lowest BCUT2D eigenvalue weighted by atomic mass is 9.96. The van der Waals surface area contributed by atoms with E-state index in [-0.39, 0.29) is 17.7 Å². The van der Waals surface area contributed by atoms with Crippen LogP contribution in [0.2, 0.25) is 0 Å². The van der Waals surface area contributed by atoms with Gasteiger partial charge >= 0.3 is 0 Å². The molecule has 0 radical (unpaired) electrons. The van der Waals surface area contributed by atoms with Gasteiger partial charge in [0.2, 0.25) is 11.8 Å². The molecule has 18 heavy (non-hydrogen) atoms. The van der Waals surface area contributed by atoms with Gasteiger partial charge in [0.25, 0.3) is 0 Å². The largest absolute Gasteiger partial charge is 0.356 e. The molecular formula is C14H18N2O2. The second-order valence-corrected chi connectivity index (χ2v) is 4.54. The summed E-state index contributed by atoms with van der Waals surface area (Å²) in [5.74, 6) is -0.292. The van der Waals surface area contributed by atoms with E-state index < -0.39 is 0 Å². The Hall–Kier alpha value is -1.84. The van der Waals surface area contributed by atoms with Crippen molar-refractivity contribution in [3.8, 4) is 0 Å². The van der Waals surface area contributed by atoms with Crippen LogP contribution in [0.3, 0.4) is 0 Å². The van der Waals surface area contributed by atoms with E-state index in [1.54, 1.807) is 0 Å². The van der Waals surface area contributed by atoms with E-state index in [0.717, 1.165) is 17.7 Å². The molecule has 2 N–H and O–H groups in total. The van der Waals surface area contributed by atoms with Crippen molar-refractivity contribution in [3.05, 3.63) is 29.8 Å². The molecular weight excluding hydrogens is 228 g/mol. The zero-order chi connectivity index (χ0) is 13.0. The highest BCUT2D eigenvalue weighted by Gasteiger charge is 2.25. The number of carbonyl (C=O) groups is 2.